The Balaban J connectivity index is 2.07. The second-order valence-electron chi connectivity index (χ2n) is 5.13. The lowest BCUT2D eigenvalue weighted by molar-refractivity contribution is 0.0262. The number of hydrogen-bond donors (Lipinski definition) is 1. The van der Waals surface area contributed by atoms with Crippen LogP contribution in [-0.2, 0) is 0 Å². The van der Waals surface area contributed by atoms with E-state index >= 15 is 0 Å². The average molecular weight is 167 g/mol. The van der Waals surface area contributed by atoms with Crippen LogP contribution in [0.1, 0.15) is 58.3 Å². The van der Waals surface area contributed by atoms with Crippen LogP contribution in [-0.4, -0.2) is 5.54 Å². The summed E-state index contributed by atoms with van der Waals surface area (Å²) in [6, 6.07) is 0. The Morgan fingerprint density at radius 2 is 1.42 bits per heavy atom. The van der Waals surface area contributed by atoms with Crippen molar-refractivity contribution in [3.63, 3.8) is 0 Å². The minimum absolute atomic E-state index is 0.230. The molecule has 0 spiro atoms. The highest BCUT2D eigenvalue weighted by molar-refractivity contribution is 5.06. The van der Waals surface area contributed by atoms with Crippen molar-refractivity contribution in [2.24, 2.45) is 11.1 Å². The Labute approximate surface area is 75.7 Å². The van der Waals surface area contributed by atoms with Crippen molar-refractivity contribution in [2.75, 3.05) is 0 Å². The van der Waals surface area contributed by atoms with Crippen molar-refractivity contribution >= 4 is 0 Å². The summed E-state index contributed by atoms with van der Waals surface area (Å²) in [7, 11) is 0. The summed E-state index contributed by atoms with van der Waals surface area (Å²) < 4.78 is 0. The fourth-order valence-corrected chi connectivity index (χ4v) is 2.99. The van der Waals surface area contributed by atoms with Crippen LogP contribution in [0.5, 0.6) is 0 Å². The summed E-state index contributed by atoms with van der Waals surface area (Å²) in [6.07, 6.45) is 10.9. The minimum atomic E-state index is 0.230. The largest absolute Gasteiger partial charge is 0.325 e. The molecule has 0 atom stereocenters. The molecular formula is C11H21N. The Morgan fingerprint density at radius 1 is 0.833 bits per heavy atom. The molecule has 1 heteroatoms. The molecule has 0 aliphatic heterocycles. The molecule has 0 heterocycles. The van der Waals surface area contributed by atoms with Gasteiger partial charge in [-0.3, -0.25) is 0 Å². The van der Waals surface area contributed by atoms with Gasteiger partial charge >= 0.3 is 0 Å². The first kappa shape index (κ1) is 8.55. The minimum Gasteiger partial charge on any atom is -0.325 e. The third-order valence-electron chi connectivity index (χ3n) is 4.40. The molecule has 1 nitrogen and oxygen atoms in total. The molecule has 2 fully saturated rings. The molecule has 0 radical (unpaired) electrons. The van der Waals surface area contributed by atoms with Crippen molar-refractivity contribution in [3.8, 4) is 0 Å². The van der Waals surface area contributed by atoms with Gasteiger partial charge < -0.3 is 5.73 Å². The molecule has 0 amide bonds. The topological polar surface area (TPSA) is 26.0 Å². The van der Waals surface area contributed by atoms with E-state index in [2.05, 4.69) is 6.92 Å². The molecule has 2 N–H and O–H groups in total. The molecule has 70 valence electrons. The summed E-state index contributed by atoms with van der Waals surface area (Å²) in [5.74, 6) is 0. The van der Waals surface area contributed by atoms with Gasteiger partial charge in [-0.25, -0.2) is 0 Å². The number of rotatable bonds is 1. The van der Waals surface area contributed by atoms with Gasteiger partial charge in [-0.15, -0.1) is 0 Å². The lowest BCUT2D eigenvalue weighted by Crippen LogP contribution is -2.59. The van der Waals surface area contributed by atoms with Crippen molar-refractivity contribution in [3.05, 3.63) is 0 Å². The standard InChI is InChI=1S/C11H21N/c1-10(6-3-2-4-7-10)11(12)8-5-9-11/h2-9,12H2,1H3. The van der Waals surface area contributed by atoms with E-state index in [1.807, 2.05) is 0 Å². The molecule has 2 aliphatic carbocycles. The Hall–Kier alpha value is -0.0400. The lowest BCUT2D eigenvalue weighted by Gasteiger charge is -2.54. The van der Waals surface area contributed by atoms with Crippen LogP contribution in [0.2, 0.25) is 0 Å². The third kappa shape index (κ3) is 1.10. The van der Waals surface area contributed by atoms with Crippen LogP contribution in [0, 0.1) is 5.41 Å². The Kier molecular flexibility index (Phi) is 1.95. The second-order valence-corrected chi connectivity index (χ2v) is 5.13. The van der Waals surface area contributed by atoms with Gasteiger partial charge in [-0.2, -0.15) is 0 Å². The third-order valence-corrected chi connectivity index (χ3v) is 4.40. The molecule has 2 rings (SSSR count). The van der Waals surface area contributed by atoms with Crippen molar-refractivity contribution in [1.29, 1.82) is 0 Å². The highest BCUT2D eigenvalue weighted by Gasteiger charge is 2.48. The summed E-state index contributed by atoms with van der Waals surface area (Å²) in [5, 5.41) is 0. The van der Waals surface area contributed by atoms with E-state index in [4.69, 9.17) is 5.73 Å². The van der Waals surface area contributed by atoms with Crippen LogP contribution in [0.15, 0.2) is 0 Å². The number of hydrogen-bond acceptors (Lipinski definition) is 1. The zero-order valence-corrected chi connectivity index (χ0v) is 8.23. The van der Waals surface area contributed by atoms with E-state index in [-0.39, 0.29) is 5.54 Å². The van der Waals surface area contributed by atoms with E-state index in [9.17, 15) is 0 Å². The van der Waals surface area contributed by atoms with E-state index in [0.29, 0.717) is 5.41 Å². The molecule has 0 unspecified atom stereocenters. The van der Waals surface area contributed by atoms with Gasteiger partial charge in [-0.05, 0) is 37.5 Å². The van der Waals surface area contributed by atoms with Gasteiger partial charge in [0.2, 0.25) is 0 Å². The molecule has 0 aromatic heterocycles. The second kappa shape index (κ2) is 2.73. The van der Waals surface area contributed by atoms with Crippen molar-refractivity contribution in [2.45, 2.75) is 63.8 Å². The van der Waals surface area contributed by atoms with E-state index in [1.54, 1.807) is 0 Å². The van der Waals surface area contributed by atoms with Gasteiger partial charge in [0.25, 0.3) is 0 Å². The molecule has 2 aliphatic rings. The summed E-state index contributed by atoms with van der Waals surface area (Å²) >= 11 is 0. The van der Waals surface area contributed by atoms with E-state index < -0.39 is 0 Å². The summed E-state index contributed by atoms with van der Waals surface area (Å²) in [6.45, 7) is 2.42. The maximum atomic E-state index is 6.41. The molecule has 0 saturated heterocycles. The van der Waals surface area contributed by atoms with Crippen LogP contribution in [0.3, 0.4) is 0 Å². The maximum Gasteiger partial charge on any atom is 0.0208 e. The molecule has 0 aromatic carbocycles. The van der Waals surface area contributed by atoms with Crippen molar-refractivity contribution < 1.29 is 0 Å². The smallest absolute Gasteiger partial charge is 0.0208 e. The van der Waals surface area contributed by atoms with Crippen molar-refractivity contribution in [1.82, 2.24) is 0 Å². The predicted molar refractivity (Wildman–Crippen MR) is 52.0 cm³/mol. The van der Waals surface area contributed by atoms with Crippen LogP contribution in [0.25, 0.3) is 0 Å². The van der Waals surface area contributed by atoms with Gasteiger partial charge in [0, 0.05) is 5.54 Å². The molecule has 0 bridgehead atoms. The van der Waals surface area contributed by atoms with E-state index in [0.717, 1.165) is 0 Å². The van der Waals surface area contributed by atoms with Gasteiger partial charge in [0.1, 0.15) is 0 Å². The normalized spacial score (nSPS) is 32.5. The predicted octanol–water partition coefficient (Wildman–Crippen LogP) is 2.84. The van der Waals surface area contributed by atoms with Crippen LogP contribution < -0.4 is 5.73 Å². The first-order valence-corrected chi connectivity index (χ1v) is 5.45. The average Bonchev–Trinajstić information content (AvgIpc) is 2.01. The first-order valence-electron chi connectivity index (χ1n) is 5.45. The van der Waals surface area contributed by atoms with E-state index in [1.165, 1.54) is 51.4 Å². The fraction of sp³-hybridized carbons (Fsp3) is 1.00. The maximum absolute atomic E-state index is 6.41. The highest BCUT2D eigenvalue weighted by atomic mass is 14.8. The Morgan fingerprint density at radius 3 is 1.83 bits per heavy atom. The lowest BCUT2D eigenvalue weighted by atomic mass is 9.55. The van der Waals surface area contributed by atoms with Gasteiger partial charge in [0.05, 0.1) is 0 Å². The quantitative estimate of drug-likeness (QED) is 0.638. The number of nitrogens with two attached hydrogens (primary N) is 1. The SMILES string of the molecule is CC1(C2(N)CCC2)CCCCC1. The fourth-order valence-electron chi connectivity index (χ4n) is 2.99. The molecular weight excluding hydrogens is 146 g/mol. The van der Waals surface area contributed by atoms with Crippen LogP contribution in [0.4, 0.5) is 0 Å². The first-order chi connectivity index (χ1) is 5.66. The Bertz CT molecular complexity index is 164. The van der Waals surface area contributed by atoms with Gasteiger partial charge in [0.15, 0.2) is 0 Å². The molecule has 2 saturated carbocycles. The van der Waals surface area contributed by atoms with Gasteiger partial charge in [-0.1, -0.05) is 26.2 Å². The molecule has 12 heavy (non-hydrogen) atoms. The highest BCUT2D eigenvalue weighted by Crippen LogP contribution is 2.51. The molecule has 0 aromatic rings. The van der Waals surface area contributed by atoms with Crippen LogP contribution >= 0.6 is 0 Å². The zero-order chi connectivity index (χ0) is 8.66. The summed E-state index contributed by atoms with van der Waals surface area (Å²) in [5.41, 5.74) is 7.13. The zero-order valence-electron chi connectivity index (χ0n) is 8.23. The monoisotopic (exact) mass is 167 g/mol. The summed E-state index contributed by atoms with van der Waals surface area (Å²) in [4.78, 5) is 0.